The minimum absolute atomic E-state index is 0.319. The Hall–Kier alpha value is -1.08. The number of urea groups is 1. The number of hydrogen-bond donors (Lipinski definition) is 3. The topological polar surface area (TPSA) is 78.4 Å². The van der Waals surface area contributed by atoms with Gasteiger partial charge in [-0.2, -0.15) is 0 Å². The molecule has 0 aliphatic heterocycles. The van der Waals surface area contributed by atoms with Gasteiger partial charge in [-0.05, 0) is 50.4 Å². The fraction of sp³-hybridized carbons (Fsp3) is 0.273. The summed E-state index contributed by atoms with van der Waals surface area (Å²) in [6, 6.07) is 3.90. The van der Waals surface area contributed by atoms with Crippen molar-refractivity contribution in [3.63, 3.8) is 0 Å². The third kappa shape index (κ3) is 3.99. The number of halogens is 2. The Kier molecular flexibility index (Phi) is 5.61. The molecular formula is C11H12Br2N2O3. The third-order valence-corrected chi connectivity index (χ3v) is 3.53. The van der Waals surface area contributed by atoms with Crippen LogP contribution in [0.3, 0.4) is 0 Å². The van der Waals surface area contributed by atoms with E-state index in [4.69, 9.17) is 5.11 Å². The molecule has 1 atom stereocenters. The molecule has 1 unspecified atom stereocenters. The van der Waals surface area contributed by atoms with Crippen LogP contribution in [0.4, 0.5) is 10.5 Å². The minimum Gasteiger partial charge on any atom is -0.480 e. The monoisotopic (exact) mass is 378 g/mol. The van der Waals surface area contributed by atoms with Crippen LogP contribution in [-0.4, -0.2) is 23.1 Å². The van der Waals surface area contributed by atoms with Crippen molar-refractivity contribution >= 4 is 49.5 Å². The van der Waals surface area contributed by atoms with Crippen molar-refractivity contribution < 1.29 is 14.7 Å². The van der Waals surface area contributed by atoms with Crippen LogP contribution in [0.5, 0.6) is 0 Å². The standard InChI is InChI=1S/C11H12Br2N2O3/c1-2-8(10(16)17)14-11(18)15-9-6(12)4-3-5-7(9)13/h3-5,8H,2H2,1H3,(H,16,17)(H2,14,15,18). The predicted molar refractivity (Wildman–Crippen MR) is 75.7 cm³/mol. The molecule has 0 aromatic heterocycles. The molecule has 0 fully saturated rings. The van der Waals surface area contributed by atoms with E-state index in [-0.39, 0.29) is 0 Å². The van der Waals surface area contributed by atoms with Gasteiger partial charge in [0.05, 0.1) is 5.69 Å². The highest BCUT2D eigenvalue weighted by Crippen LogP contribution is 2.30. The van der Waals surface area contributed by atoms with Crippen LogP contribution in [0.15, 0.2) is 27.1 Å². The molecule has 0 radical (unpaired) electrons. The number of nitrogens with one attached hydrogen (secondary N) is 2. The summed E-state index contributed by atoms with van der Waals surface area (Å²) < 4.78 is 1.41. The van der Waals surface area contributed by atoms with Crippen molar-refractivity contribution in [3.05, 3.63) is 27.1 Å². The molecule has 1 rings (SSSR count). The lowest BCUT2D eigenvalue weighted by Crippen LogP contribution is -2.42. The maximum atomic E-state index is 11.7. The third-order valence-electron chi connectivity index (χ3n) is 2.21. The summed E-state index contributed by atoms with van der Waals surface area (Å²) >= 11 is 6.60. The highest BCUT2D eigenvalue weighted by molar-refractivity contribution is 9.11. The number of hydrogen-bond acceptors (Lipinski definition) is 2. The van der Waals surface area contributed by atoms with Gasteiger partial charge in [0.15, 0.2) is 0 Å². The summed E-state index contributed by atoms with van der Waals surface area (Å²) in [6.07, 6.45) is 0.319. The molecule has 5 nitrogen and oxygen atoms in total. The maximum absolute atomic E-state index is 11.7. The van der Waals surface area contributed by atoms with Crippen LogP contribution in [0.1, 0.15) is 13.3 Å². The summed E-state index contributed by atoms with van der Waals surface area (Å²) in [7, 11) is 0. The molecule has 0 aliphatic carbocycles. The average molecular weight is 380 g/mol. The van der Waals surface area contributed by atoms with E-state index in [1.807, 2.05) is 6.07 Å². The molecular weight excluding hydrogens is 368 g/mol. The van der Waals surface area contributed by atoms with Gasteiger partial charge in [0.2, 0.25) is 0 Å². The number of anilines is 1. The lowest BCUT2D eigenvalue weighted by molar-refractivity contribution is -0.139. The van der Waals surface area contributed by atoms with Crippen LogP contribution in [0.2, 0.25) is 0 Å². The van der Waals surface area contributed by atoms with Crippen molar-refractivity contribution in [3.8, 4) is 0 Å². The number of rotatable bonds is 4. The molecule has 98 valence electrons. The van der Waals surface area contributed by atoms with Gasteiger partial charge in [0, 0.05) is 8.95 Å². The predicted octanol–water partition coefficient (Wildman–Crippen LogP) is 3.20. The number of carbonyl (C=O) groups is 2. The van der Waals surface area contributed by atoms with Crippen LogP contribution in [0, 0.1) is 0 Å². The maximum Gasteiger partial charge on any atom is 0.326 e. The van der Waals surface area contributed by atoms with Crippen LogP contribution in [0.25, 0.3) is 0 Å². The molecule has 0 spiro atoms. The van der Waals surface area contributed by atoms with E-state index in [2.05, 4.69) is 42.5 Å². The first-order valence-electron chi connectivity index (χ1n) is 5.20. The average Bonchev–Trinajstić information content (AvgIpc) is 2.30. The zero-order valence-electron chi connectivity index (χ0n) is 9.54. The van der Waals surface area contributed by atoms with Crippen LogP contribution < -0.4 is 10.6 Å². The van der Waals surface area contributed by atoms with Gasteiger partial charge in [-0.1, -0.05) is 13.0 Å². The Morgan fingerprint density at radius 2 is 1.89 bits per heavy atom. The zero-order valence-corrected chi connectivity index (χ0v) is 12.7. The van der Waals surface area contributed by atoms with Crippen molar-refractivity contribution in [2.24, 2.45) is 0 Å². The summed E-state index contributed by atoms with van der Waals surface area (Å²) in [4.78, 5) is 22.5. The lowest BCUT2D eigenvalue weighted by atomic mass is 10.2. The molecule has 1 aromatic carbocycles. The highest BCUT2D eigenvalue weighted by atomic mass is 79.9. The van der Waals surface area contributed by atoms with Gasteiger partial charge in [0.1, 0.15) is 6.04 Å². The molecule has 18 heavy (non-hydrogen) atoms. The van der Waals surface area contributed by atoms with Crippen LogP contribution >= 0.6 is 31.9 Å². The second kappa shape index (κ2) is 6.75. The van der Waals surface area contributed by atoms with E-state index in [0.29, 0.717) is 21.1 Å². The quantitative estimate of drug-likeness (QED) is 0.751. The second-order valence-electron chi connectivity index (χ2n) is 3.49. The number of carbonyl (C=O) groups excluding carboxylic acids is 1. The van der Waals surface area contributed by atoms with Gasteiger partial charge < -0.3 is 15.7 Å². The normalized spacial score (nSPS) is 11.7. The Morgan fingerprint density at radius 3 is 2.33 bits per heavy atom. The van der Waals surface area contributed by atoms with E-state index in [0.717, 1.165) is 0 Å². The molecule has 7 heteroatoms. The molecule has 0 bridgehead atoms. The number of amides is 2. The molecule has 1 aromatic rings. The number of benzene rings is 1. The Balaban J connectivity index is 2.73. The summed E-state index contributed by atoms with van der Waals surface area (Å²) in [5.41, 5.74) is 0.551. The first kappa shape index (κ1) is 15.0. The SMILES string of the molecule is CCC(NC(=O)Nc1c(Br)cccc1Br)C(=O)O. The van der Waals surface area contributed by atoms with Crippen LogP contribution in [-0.2, 0) is 4.79 Å². The van der Waals surface area contributed by atoms with Gasteiger partial charge in [-0.25, -0.2) is 9.59 Å². The molecule has 0 aliphatic rings. The van der Waals surface area contributed by atoms with Crippen molar-refractivity contribution in [1.82, 2.24) is 5.32 Å². The summed E-state index contributed by atoms with van der Waals surface area (Å²) in [5, 5.41) is 13.8. The number of para-hydroxylation sites is 1. The molecule has 3 N–H and O–H groups in total. The van der Waals surface area contributed by atoms with Gasteiger partial charge >= 0.3 is 12.0 Å². The number of carboxylic acids is 1. The lowest BCUT2D eigenvalue weighted by Gasteiger charge is -2.14. The zero-order chi connectivity index (χ0) is 13.7. The van der Waals surface area contributed by atoms with E-state index < -0.39 is 18.0 Å². The van der Waals surface area contributed by atoms with E-state index in [1.165, 1.54) is 0 Å². The summed E-state index contributed by atoms with van der Waals surface area (Å²) in [6.45, 7) is 1.69. The van der Waals surface area contributed by atoms with Gasteiger partial charge in [0.25, 0.3) is 0 Å². The fourth-order valence-corrected chi connectivity index (χ4v) is 2.46. The summed E-state index contributed by atoms with van der Waals surface area (Å²) in [5.74, 6) is -1.06. The fourth-order valence-electron chi connectivity index (χ4n) is 1.26. The Bertz CT molecular complexity index is 445. The van der Waals surface area contributed by atoms with Gasteiger partial charge in [-0.3, -0.25) is 0 Å². The largest absolute Gasteiger partial charge is 0.480 e. The molecule has 0 saturated heterocycles. The van der Waals surface area contributed by atoms with E-state index >= 15 is 0 Å². The molecule has 0 heterocycles. The highest BCUT2D eigenvalue weighted by Gasteiger charge is 2.18. The van der Waals surface area contributed by atoms with E-state index in [9.17, 15) is 9.59 Å². The van der Waals surface area contributed by atoms with Gasteiger partial charge in [-0.15, -0.1) is 0 Å². The number of carboxylic acid groups (broad SMARTS) is 1. The van der Waals surface area contributed by atoms with E-state index in [1.54, 1.807) is 19.1 Å². The molecule has 0 saturated carbocycles. The minimum atomic E-state index is -1.06. The first-order valence-corrected chi connectivity index (χ1v) is 6.78. The Labute approximate surface area is 121 Å². The first-order chi connectivity index (χ1) is 8.45. The second-order valence-corrected chi connectivity index (χ2v) is 5.20. The van der Waals surface area contributed by atoms with Crippen molar-refractivity contribution in [1.29, 1.82) is 0 Å². The Morgan fingerprint density at radius 1 is 1.33 bits per heavy atom. The smallest absolute Gasteiger partial charge is 0.326 e. The van der Waals surface area contributed by atoms with Crippen molar-refractivity contribution in [2.75, 3.05) is 5.32 Å². The number of aliphatic carboxylic acids is 1. The van der Waals surface area contributed by atoms with Crippen molar-refractivity contribution in [2.45, 2.75) is 19.4 Å². The molecule has 2 amide bonds.